The lowest BCUT2D eigenvalue weighted by molar-refractivity contribution is 0.143. The smallest absolute Gasteiger partial charge is 0.319 e. The fraction of sp³-hybridized carbons (Fsp3) is 0.769. The molecule has 0 radical (unpaired) electrons. The molecule has 92 valence electrons. The van der Waals surface area contributed by atoms with Crippen molar-refractivity contribution in [1.82, 2.24) is 9.80 Å². The number of urea groups is 1. The van der Waals surface area contributed by atoms with Gasteiger partial charge in [-0.15, -0.1) is 6.58 Å². The fourth-order valence-corrected chi connectivity index (χ4v) is 2.01. The molecular weight excluding hydrogens is 200 g/mol. The second-order valence-corrected chi connectivity index (χ2v) is 4.80. The Kier molecular flexibility index (Phi) is 5.36. The molecule has 1 saturated heterocycles. The van der Waals surface area contributed by atoms with Crippen molar-refractivity contribution in [3.8, 4) is 0 Å². The Hall–Kier alpha value is -0.990. The monoisotopic (exact) mass is 224 g/mol. The molecule has 0 spiro atoms. The van der Waals surface area contributed by atoms with Crippen molar-refractivity contribution in [2.24, 2.45) is 5.92 Å². The summed E-state index contributed by atoms with van der Waals surface area (Å²) in [5.41, 5.74) is 0. The molecule has 0 saturated carbocycles. The molecule has 1 heterocycles. The van der Waals surface area contributed by atoms with E-state index in [2.05, 4.69) is 13.5 Å². The van der Waals surface area contributed by atoms with Crippen LogP contribution in [0.4, 0.5) is 4.79 Å². The maximum absolute atomic E-state index is 12.0. The molecule has 16 heavy (non-hydrogen) atoms. The van der Waals surface area contributed by atoms with E-state index in [1.54, 1.807) is 0 Å². The predicted molar refractivity (Wildman–Crippen MR) is 67.4 cm³/mol. The second kappa shape index (κ2) is 6.56. The van der Waals surface area contributed by atoms with Crippen LogP contribution in [0.25, 0.3) is 0 Å². The normalized spacial score (nSPS) is 17.2. The molecule has 3 heteroatoms. The number of nitrogens with zero attached hydrogens (tertiary/aromatic N) is 2. The molecule has 1 aliphatic rings. The van der Waals surface area contributed by atoms with Gasteiger partial charge < -0.3 is 9.80 Å². The number of carbonyl (C=O) groups is 1. The van der Waals surface area contributed by atoms with Gasteiger partial charge in [-0.25, -0.2) is 4.79 Å². The van der Waals surface area contributed by atoms with Crippen LogP contribution >= 0.6 is 0 Å². The van der Waals surface area contributed by atoms with Crippen molar-refractivity contribution in [3.63, 3.8) is 0 Å². The quantitative estimate of drug-likeness (QED) is 0.532. The molecule has 0 aliphatic carbocycles. The number of unbranched alkanes of at least 4 members (excludes halogenated alkanes) is 1. The zero-order valence-corrected chi connectivity index (χ0v) is 10.6. The van der Waals surface area contributed by atoms with Crippen LogP contribution in [0, 0.1) is 5.92 Å². The van der Waals surface area contributed by atoms with Gasteiger partial charge in [0.05, 0.1) is 0 Å². The number of rotatable bonds is 4. The van der Waals surface area contributed by atoms with Gasteiger partial charge in [-0.1, -0.05) is 13.0 Å². The largest absolute Gasteiger partial charge is 0.328 e. The number of amides is 2. The first-order valence-corrected chi connectivity index (χ1v) is 6.26. The van der Waals surface area contributed by atoms with E-state index in [0.717, 1.165) is 51.2 Å². The van der Waals surface area contributed by atoms with Crippen LogP contribution in [-0.4, -0.2) is 42.5 Å². The number of hydrogen-bond donors (Lipinski definition) is 0. The van der Waals surface area contributed by atoms with Crippen molar-refractivity contribution in [2.45, 2.75) is 32.6 Å². The third-order valence-electron chi connectivity index (χ3n) is 3.28. The summed E-state index contributed by atoms with van der Waals surface area (Å²) in [7, 11) is 1.89. The van der Waals surface area contributed by atoms with E-state index in [1.807, 2.05) is 22.9 Å². The lowest BCUT2D eigenvalue weighted by Crippen LogP contribution is -2.45. The number of hydrogen-bond acceptors (Lipinski definition) is 1. The van der Waals surface area contributed by atoms with Crippen LogP contribution in [0.5, 0.6) is 0 Å². The van der Waals surface area contributed by atoms with Gasteiger partial charge in [-0.2, -0.15) is 0 Å². The first-order valence-electron chi connectivity index (χ1n) is 6.26. The van der Waals surface area contributed by atoms with Gasteiger partial charge in [-0.3, -0.25) is 0 Å². The summed E-state index contributed by atoms with van der Waals surface area (Å²) in [4.78, 5) is 15.8. The summed E-state index contributed by atoms with van der Waals surface area (Å²) in [6, 6.07) is 0.191. The van der Waals surface area contributed by atoms with Crippen molar-refractivity contribution in [3.05, 3.63) is 12.7 Å². The summed E-state index contributed by atoms with van der Waals surface area (Å²) in [5, 5.41) is 0. The van der Waals surface area contributed by atoms with Gasteiger partial charge in [0.2, 0.25) is 0 Å². The molecule has 0 unspecified atom stereocenters. The highest BCUT2D eigenvalue weighted by molar-refractivity contribution is 5.74. The minimum atomic E-state index is 0.191. The number of piperidine rings is 1. The molecule has 0 aromatic heterocycles. The van der Waals surface area contributed by atoms with Gasteiger partial charge in [-0.05, 0) is 31.6 Å². The molecule has 1 fully saturated rings. The number of carbonyl (C=O) groups excluding carboxylic acids is 1. The molecule has 3 nitrogen and oxygen atoms in total. The van der Waals surface area contributed by atoms with E-state index in [0.29, 0.717) is 0 Å². The predicted octanol–water partition coefficient (Wildman–Crippen LogP) is 2.74. The summed E-state index contributed by atoms with van der Waals surface area (Å²) in [6.45, 7) is 8.62. The SMILES string of the molecule is C=CCCCN(C)C(=O)N1CCC(C)CC1. The molecule has 0 N–H and O–H groups in total. The van der Waals surface area contributed by atoms with Crippen LogP contribution in [0.15, 0.2) is 12.7 Å². The Morgan fingerprint density at radius 2 is 2.12 bits per heavy atom. The zero-order valence-electron chi connectivity index (χ0n) is 10.6. The van der Waals surface area contributed by atoms with Crippen molar-refractivity contribution >= 4 is 6.03 Å². The molecular formula is C13H24N2O. The van der Waals surface area contributed by atoms with Crippen molar-refractivity contribution in [2.75, 3.05) is 26.7 Å². The van der Waals surface area contributed by atoms with Crippen LogP contribution in [0.2, 0.25) is 0 Å². The lowest BCUT2D eigenvalue weighted by atomic mass is 10.00. The van der Waals surface area contributed by atoms with E-state index in [1.165, 1.54) is 0 Å². The van der Waals surface area contributed by atoms with Crippen LogP contribution in [0.3, 0.4) is 0 Å². The Labute approximate surface area is 99.1 Å². The minimum Gasteiger partial charge on any atom is -0.328 e. The molecule has 0 aromatic rings. The van der Waals surface area contributed by atoms with E-state index in [4.69, 9.17) is 0 Å². The van der Waals surface area contributed by atoms with Gasteiger partial charge in [0, 0.05) is 26.7 Å². The Bertz CT molecular complexity index is 232. The average molecular weight is 224 g/mol. The highest BCUT2D eigenvalue weighted by Crippen LogP contribution is 2.16. The Balaban J connectivity index is 2.29. The summed E-state index contributed by atoms with van der Waals surface area (Å²) in [6.07, 6.45) is 6.18. The fourth-order valence-electron chi connectivity index (χ4n) is 2.01. The number of likely N-dealkylation sites (tertiary alicyclic amines) is 1. The maximum Gasteiger partial charge on any atom is 0.319 e. The van der Waals surface area contributed by atoms with E-state index >= 15 is 0 Å². The van der Waals surface area contributed by atoms with Crippen LogP contribution in [-0.2, 0) is 0 Å². The topological polar surface area (TPSA) is 23.6 Å². The highest BCUT2D eigenvalue weighted by Gasteiger charge is 2.22. The third kappa shape index (κ3) is 3.87. The van der Waals surface area contributed by atoms with Crippen molar-refractivity contribution in [1.29, 1.82) is 0 Å². The first kappa shape index (κ1) is 13.1. The summed E-state index contributed by atoms with van der Waals surface area (Å²) < 4.78 is 0. The van der Waals surface area contributed by atoms with Crippen LogP contribution in [0.1, 0.15) is 32.6 Å². The summed E-state index contributed by atoms with van der Waals surface area (Å²) >= 11 is 0. The standard InChI is InChI=1S/C13H24N2O/c1-4-5-6-9-14(3)13(16)15-10-7-12(2)8-11-15/h4,12H,1,5-11H2,2-3H3. The molecule has 0 atom stereocenters. The van der Waals surface area contributed by atoms with E-state index < -0.39 is 0 Å². The molecule has 0 aromatic carbocycles. The van der Waals surface area contributed by atoms with Gasteiger partial charge in [0.25, 0.3) is 0 Å². The Morgan fingerprint density at radius 1 is 1.50 bits per heavy atom. The highest BCUT2D eigenvalue weighted by atomic mass is 16.2. The molecule has 1 rings (SSSR count). The summed E-state index contributed by atoms with van der Waals surface area (Å²) in [5.74, 6) is 0.773. The second-order valence-electron chi connectivity index (χ2n) is 4.80. The van der Waals surface area contributed by atoms with Crippen LogP contribution < -0.4 is 0 Å². The number of allylic oxidation sites excluding steroid dienone is 1. The van der Waals surface area contributed by atoms with Gasteiger partial charge in [0.15, 0.2) is 0 Å². The third-order valence-corrected chi connectivity index (χ3v) is 3.28. The minimum absolute atomic E-state index is 0.191. The lowest BCUT2D eigenvalue weighted by Gasteiger charge is -2.33. The van der Waals surface area contributed by atoms with Gasteiger partial charge in [0.1, 0.15) is 0 Å². The Morgan fingerprint density at radius 3 is 2.69 bits per heavy atom. The van der Waals surface area contributed by atoms with Crippen molar-refractivity contribution < 1.29 is 4.79 Å². The molecule has 0 bridgehead atoms. The van der Waals surface area contributed by atoms with E-state index in [-0.39, 0.29) is 6.03 Å². The molecule has 1 aliphatic heterocycles. The first-order chi connectivity index (χ1) is 7.65. The zero-order chi connectivity index (χ0) is 12.0. The van der Waals surface area contributed by atoms with E-state index in [9.17, 15) is 4.79 Å². The van der Waals surface area contributed by atoms with Gasteiger partial charge >= 0.3 is 6.03 Å². The molecule has 2 amide bonds. The maximum atomic E-state index is 12.0. The average Bonchev–Trinajstić information content (AvgIpc) is 2.29.